The van der Waals surface area contributed by atoms with Crippen molar-refractivity contribution in [3.8, 4) is 0 Å². The highest BCUT2D eigenvalue weighted by molar-refractivity contribution is 14.0. The Hall–Kier alpha value is -1.06. The van der Waals surface area contributed by atoms with E-state index in [1.165, 1.54) is 0 Å². The molecule has 0 amide bonds. The largest absolute Gasteiger partial charge is 0.469 e. The van der Waals surface area contributed by atoms with Gasteiger partial charge in [-0.2, -0.15) is 0 Å². The summed E-state index contributed by atoms with van der Waals surface area (Å²) in [4.78, 5) is 7.05. The van der Waals surface area contributed by atoms with Gasteiger partial charge in [-0.3, -0.25) is 9.89 Å². The third kappa shape index (κ3) is 8.70. The van der Waals surface area contributed by atoms with Crippen LogP contribution in [-0.2, 0) is 11.2 Å². The van der Waals surface area contributed by atoms with Gasteiger partial charge in [0, 0.05) is 45.7 Å². The molecule has 0 spiro atoms. The average molecular weight is 448 g/mol. The first-order chi connectivity index (χ1) is 11.4. The van der Waals surface area contributed by atoms with Crippen LogP contribution >= 0.6 is 24.0 Å². The molecule has 1 aromatic rings. The molecule has 24 heavy (non-hydrogen) atoms. The number of halogens is 1. The number of hydrogen-bond donors (Lipinski definition) is 2. The van der Waals surface area contributed by atoms with E-state index < -0.39 is 0 Å². The van der Waals surface area contributed by atoms with Crippen molar-refractivity contribution in [3.63, 3.8) is 0 Å². The van der Waals surface area contributed by atoms with Gasteiger partial charge in [-0.1, -0.05) is 6.08 Å². The number of nitrogens with one attached hydrogen (secondary N) is 2. The fourth-order valence-corrected chi connectivity index (χ4v) is 2.41. The number of ether oxygens (including phenoxy) is 1. The zero-order chi connectivity index (χ0) is 16.2. The van der Waals surface area contributed by atoms with Gasteiger partial charge in [-0.15, -0.1) is 30.6 Å². The first-order valence-corrected chi connectivity index (χ1v) is 8.34. The van der Waals surface area contributed by atoms with Crippen molar-refractivity contribution in [2.45, 2.75) is 12.8 Å². The second kappa shape index (κ2) is 13.3. The maximum atomic E-state index is 5.36. The second-order valence-corrected chi connectivity index (χ2v) is 5.46. The average Bonchev–Trinajstić information content (AvgIpc) is 3.10. The van der Waals surface area contributed by atoms with Crippen molar-refractivity contribution in [1.29, 1.82) is 0 Å². The molecule has 0 bridgehead atoms. The Bertz CT molecular complexity index is 459. The van der Waals surface area contributed by atoms with Gasteiger partial charge in [-0.05, 0) is 18.6 Å². The van der Waals surface area contributed by atoms with Gasteiger partial charge < -0.3 is 19.8 Å². The van der Waals surface area contributed by atoms with Crippen LogP contribution in [0.25, 0.3) is 0 Å². The molecule has 2 rings (SSSR count). The smallest absolute Gasteiger partial charge is 0.191 e. The number of guanidine groups is 1. The summed E-state index contributed by atoms with van der Waals surface area (Å²) in [5, 5.41) is 6.57. The highest BCUT2D eigenvalue weighted by Crippen LogP contribution is 2.00. The van der Waals surface area contributed by atoms with Crippen LogP contribution in [-0.4, -0.2) is 63.3 Å². The van der Waals surface area contributed by atoms with Crippen LogP contribution in [0.4, 0.5) is 0 Å². The minimum atomic E-state index is 0. The lowest BCUT2D eigenvalue weighted by atomic mass is 10.3. The molecule has 0 aliphatic carbocycles. The van der Waals surface area contributed by atoms with Crippen molar-refractivity contribution < 1.29 is 9.15 Å². The van der Waals surface area contributed by atoms with Crippen LogP contribution in [0, 0.1) is 0 Å². The Morgan fingerprint density at radius 3 is 2.88 bits per heavy atom. The van der Waals surface area contributed by atoms with Crippen molar-refractivity contribution in [3.05, 3.63) is 36.8 Å². The topological polar surface area (TPSA) is 62.0 Å². The summed E-state index contributed by atoms with van der Waals surface area (Å²) in [5.74, 6) is 1.81. The van der Waals surface area contributed by atoms with E-state index in [2.05, 4.69) is 27.1 Å². The maximum absolute atomic E-state index is 5.36. The molecular formula is C17H29IN4O2. The molecule has 0 unspecified atom stereocenters. The summed E-state index contributed by atoms with van der Waals surface area (Å²) in [5.41, 5.74) is 0. The number of furan rings is 1. The Kier molecular flexibility index (Phi) is 11.6. The first-order valence-electron chi connectivity index (χ1n) is 8.34. The number of aliphatic imine (C=N–C) groups is 1. The monoisotopic (exact) mass is 448 g/mol. The van der Waals surface area contributed by atoms with Gasteiger partial charge in [0.2, 0.25) is 0 Å². The van der Waals surface area contributed by atoms with Gasteiger partial charge in [0.05, 0.1) is 19.5 Å². The standard InChI is InChI=1S/C17H28N4O2.HI/c1-2-7-18-17(20-9-6-16-5-3-13-23-16)19-8-4-10-21-11-14-22-15-12-21;/h2-3,5,13H,1,4,6-12,14-15H2,(H2,18,19,20);1H. The molecule has 1 aliphatic rings. The molecule has 0 atom stereocenters. The summed E-state index contributed by atoms with van der Waals surface area (Å²) in [7, 11) is 0. The van der Waals surface area contributed by atoms with Gasteiger partial charge in [-0.25, -0.2) is 0 Å². The van der Waals surface area contributed by atoms with Crippen molar-refractivity contribution in [2.75, 3.05) is 52.5 Å². The van der Waals surface area contributed by atoms with E-state index in [0.717, 1.165) is 70.5 Å². The SMILES string of the molecule is C=CCNC(=NCCCN1CCOCC1)NCCc1ccco1.I. The molecule has 0 saturated carbocycles. The van der Waals surface area contributed by atoms with E-state index >= 15 is 0 Å². The zero-order valence-electron chi connectivity index (χ0n) is 14.2. The van der Waals surface area contributed by atoms with Gasteiger partial charge in [0.15, 0.2) is 5.96 Å². The quantitative estimate of drug-likeness (QED) is 0.199. The van der Waals surface area contributed by atoms with E-state index in [-0.39, 0.29) is 24.0 Å². The minimum Gasteiger partial charge on any atom is -0.469 e. The van der Waals surface area contributed by atoms with E-state index in [1.807, 2.05) is 18.2 Å². The molecule has 2 N–H and O–H groups in total. The van der Waals surface area contributed by atoms with E-state index in [0.29, 0.717) is 6.54 Å². The summed E-state index contributed by atoms with van der Waals surface area (Å²) in [6.45, 7) is 10.9. The fourth-order valence-electron chi connectivity index (χ4n) is 2.41. The second-order valence-electron chi connectivity index (χ2n) is 5.46. The van der Waals surface area contributed by atoms with E-state index in [9.17, 15) is 0 Å². The van der Waals surface area contributed by atoms with Crippen molar-refractivity contribution >= 4 is 29.9 Å². The molecule has 0 radical (unpaired) electrons. The predicted molar refractivity (Wildman–Crippen MR) is 108 cm³/mol. The maximum Gasteiger partial charge on any atom is 0.191 e. The molecular weight excluding hydrogens is 419 g/mol. The Morgan fingerprint density at radius 1 is 1.33 bits per heavy atom. The summed E-state index contributed by atoms with van der Waals surface area (Å²) >= 11 is 0. The number of morpholine rings is 1. The lowest BCUT2D eigenvalue weighted by Gasteiger charge is -2.26. The molecule has 1 saturated heterocycles. The number of hydrogen-bond acceptors (Lipinski definition) is 4. The normalized spacial score (nSPS) is 15.6. The Balaban J connectivity index is 0.00000288. The van der Waals surface area contributed by atoms with Crippen LogP contribution in [0.5, 0.6) is 0 Å². The molecule has 2 heterocycles. The molecule has 1 fully saturated rings. The van der Waals surface area contributed by atoms with Crippen LogP contribution < -0.4 is 10.6 Å². The molecule has 136 valence electrons. The fraction of sp³-hybridized carbons (Fsp3) is 0.588. The Labute approximate surface area is 161 Å². The van der Waals surface area contributed by atoms with E-state index in [4.69, 9.17) is 9.15 Å². The lowest BCUT2D eigenvalue weighted by molar-refractivity contribution is 0.0377. The number of nitrogens with zero attached hydrogens (tertiary/aromatic N) is 2. The summed E-state index contributed by atoms with van der Waals surface area (Å²) < 4.78 is 10.7. The minimum absolute atomic E-state index is 0. The van der Waals surface area contributed by atoms with Crippen molar-refractivity contribution in [1.82, 2.24) is 15.5 Å². The van der Waals surface area contributed by atoms with Crippen LogP contribution in [0.15, 0.2) is 40.5 Å². The van der Waals surface area contributed by atoms with Crippen LogP contribution in [0.1, 0.15) is 12.2 Å². The van der Waals surface area contributed by atoms with Crippen LogP contribution in [0.3, 0.4) is 0 Å². The highest BCUT2D eigenvalue weighted by Gasteiger charge is 2.09. The molecule has 7 heteroatoms. The molecule has 1 aliphatic heterocycles. The van der Waals surface area contributed by atoms with Gasteiger partial charge in [0.25, 0.3) is 0 Å². The first kappa shape index (κ1) is 21.0. The van der Waals surface area contributed by atoms with Gasteiger partial charge >= 0.3 is 0 Å². The zero-order valence-corrected chi connectivity index (χ0v) is 16.5. The van der Waals surface area contributed by atoms with Crippen LogP contribution in [0.2, 0.25) is 0 Å². The molecule has 0 aromatic carbocycles. The summed E-state index contributed by atoms with van der Waals surface area (Å²) in [6, 6.07) is 3.89. The highest BCUT2D eigenvalue weighted by atomic mass is 127. The summed E-state index contributed by atoms with van der Waals surface area (Å²) in [6.07, 6.45) is 5.43. The predicted octanol–water partition coefficient (Wildman–Crippen LogP) is 1.88. The Morgan fingerprint density at radius 2 is 2.17 bits per heavy atom. The lowest BCUT2D eigenvalue weighted by Crippen LogP contribution is -2.39. The van der Waals surface area contributed by atoms with E-state index in [1.54, 1.807) is 6.26 Å². The molecule has 1 aromatic heterocycles. The third-order valence-electron chi connectivity index (χ3n) is 3.66. The third-order valence-corrected chi connectivity index (χ3v) is 3.66. The molecule has 6 nitrogen and oxygen atoms in total. The van der Waals surface area contributed by atoms with Gasteiger partial charge in [0.1, 0.15) is 5.76 Å². The van der Waals surface area contributed by atoms with Crippen molar-refractivity contribution in [2.24, 2.45) is 4.99 Å². The number of rotatable bonds is 9.